The van der Waals surface area contributed by atoms with Gasteiger partial charge in [0, 0.05) is 23.6 Å². The zero-order valence-corrected chi connectivity index (χ0v) is 10.7. The lowest BCUT2D eigenvalue weighted by molar-refractivity contribution is -0.0760. The van der Waals surface area contributed by atoms with E-state index in [-0.39, 0.29) is 6.10 Å². The quantitative estimate of drug-likeness (QED) is 0.787. The van der Waals surface area contributed by atoms with Gasteiger partial charge in [0.2, 0.25) is 0 Å². The SMILES string of the molecule is Brc1ccc([C@@H]2OCC[C@@H]3OCC[C@@H]32)cc1. The van der Waals surface area contributed by atoms with E-state index in [4.69, 9.17) is 9.47 Å². The van der Waals surface area contributed by atoms with Crippen molar-refractivity contribution in [2.45, 2.75) is 25.0 Å². The van der Waals surface area contributed by atoms with E-state index in [0.717, 1.165) is 30.5 Å². The van der Waals surface area contributed by atoms with Crippen LogP contribution in [0, 0.1) is 5.92 Å². The maximum absolute atomic E-state index is 5.92. The summed E-state index contributed by atoms with van der Waals surface area (Å²) < 4.78 is 12.8. The van der Waals surface area contributed by atoms with Gasteiger partial charge in [-0.15, -0.1) is 0 Å². The van der Waals surface area contributed by atoms with E-state index in [1.54, 1.807) is 0 Å². The van der Waals surface area contributed by atoms with Crippen molar-refractivity contribution >= 4 is 15.9 Å². The second kappa shape index (κ2) is 4.47. The molecule has 3 rings (SSSR count). The van der Waals surface area contributed by atoms with Gasteiger partial charge in [-0.2, -0.15) is 0 Å². The first-order chi connectivity index (χ1) is 7.84. The monoisotopic (exact) mass is 282 g/mol. The molecule has 0 saturated carbocycles. The maximum atomic E-state index is 5.92. The van der Waals surface area contributed by atoms with Crippen LogP contribution in [0.3, 0.4) is 0 Å². The first-order valence-corrected chi connectivity index (χ1v) is 6.62. The Morgan fingerprint density at radius 3 is 2.56 bits per heavy atom. The Morgan fingerprint density at radius 1 is 1.00 bits per heavy atom. The third-order valence-electron chi connectivity index (χ3n) is 3.55. The Morgan fingerprint density at radius 2 is 1.75 bits per heavy atom. The molecule has 86 valence electrons. The van der Waals surface area contributed by atoms with Crippen LogP contribution in [0.15, 0.2) is 28.7 Å². The van der Waals surface area contributed by atoms with Crippen LogP contribution >= 0.6 is 15.9 Å². The first-order valence-electron chi connectivity index (χ1n) is 5.83. The normalized spacial score (nSPS) is 33.7. The highest BCUT2D eigenvalue weighted by Crippen LogP contribution is 2.40. The number of hydrogen-bond donors (Lipinski definition) is 0. The summed E-state index contributed by atoms with van der Waals surface area (Å²) in [5.41, 5.74) is 1.28. The lowest BCUT2D eigenvalue weighted by atomic mass is 9.87. The Bertz CT molecular complexity index is 363. The molecule has 0 spiro atoms. The van der Waals surface area contributed by atoms with Crippen LogP contribution < -0.4 is 0 Å². The number of ether oxygens (including phenoxy) is 2. The summed E-state index contributed by atoms with van der Waals surface area (Å²) >= 11 is 3.46. The van der Waals surface area contributed by atoms with Gasteiger partial charge in [0.1, 0.15) is 0 Å². The zero-order chi connectivity index (χ0) is 11.0. The van der Waals surface area contributed by atoms with Crippen molar-refractivity contribution in [3.8, 4) is 0 Å². The van der Waals surface area contributed by atoms with Gasteiger partial charge in [0.15, 0.2) is 0 Å². The van der Waals surface area contributed by atoms with Gasteiger partial charge in [-0.3, -0.25) is 0 Å². The highest BCUT2D eigenvalue weighted by atomic mass is 79.9. The predicted molar refractivity (Wildman–Crippen MR) is 65.3 cm³/mol. The van der Waals surface area contributed by atoms with Crippen molar-refractivity contribution in [1.82, 2.24) is 0 Å². The summed E-state index contributed by atoms with van der Waals surface area (Å²) in [6.07, 6.45) is 2.83. The number of hydrogen-bond acceptors (Lipinski definition) is 2. The van der Waals surface area contributed by atoms with E-state index < -0.39 is 0 Å². The predicted octanol–water partition coefficient (Wildman–Crippen LogP) is 3.32. The summed E-state index contributed by atoms with van der Waals surface area (Å²) in [7, 11) is 0. The summed E-state index contributed by atoms with van der Waals surface area (Å²) in [5.74, 6) is 0.551. The molecule has 2 fully saturated rings. The Balaban J connectivity index is 1.85. The van der Waals surface area contributed by atoms with Crippen molar-refractivity contribution in [2.24, 2.45) is 5.92 Å². The second-order valence-corrected chi connectivity index (χ2v) is 5.41. The van der Waals surface area contributed by atoms with Crippen LogP contribution in [0.2, 0.25) is 0 Å². The molecule has 0 aliphatic carbocycles. The molecular formula is C13H15BrO2. The van der Waals surface area contributed by atoms with Crippen molar-refractivity contribution in [1.29, 1.82) is 0 Å². The molecule has 2 heterocycles. The topological polar surface area (TPSA) is 18.5 Å². The Hall–Kier alpha value is -0.380. The van der Waals surface area contributed by atoms with E-state index in [2.05, 4.69) is 40.2 Å². The van der Waals surface area contributed by atoms with Gasteiger partial charge in [-0.05, 0) is 30.5 Å². The van der Waals surface area contributed by atoms with Gasteiger partial charge < -0.3 is 9.47 Å². The van der Waals surface area contributed by atoms with E-state index >= 15 is 0 Å². The summed E-state index contributed by atoms with van der Waals surface area (Å²) in [5, 5.41) is 0. The average molecular weight is 283 g/mol. The minimum atomic E-state index is 0.231. The molecule has 16 heavy (non-hydrogen) atoms. The fourth-order valence-electron chi connectivity index (χ4n) is 2.74. The third kappa shape index (κ3) is 1.92. The van der Waals surface area contributed by atoms with E-state index in [1.165, 1.54) is 5.56 Å². The third-order valence-corrected chi connectivity index (χ3v) is 4.08. The molecule has 3 atom stereocenters. The lowest BCUT2D eigenvalue weighted by Gasteiger charge is -2.33. The average Bonchev–Trinajstić information content (AvgIpc) is 2.78. The Kier molecular flexibility index (Phi) is 3.01. The molecular weight excluding hydrogens is 268 g/mol. The molecule has 2 aliphatic heterocycles. The van der Waals surface area contributed by atoms with E-state index in [9.17, 15) is 0 Å². The zero-order valence-electron chi connectivity index (χ0n) is 9.06. The van der Waals surface area contributed by atoms with Gasteiger partial charge in [-0.25, -0.2) is 0 Å². The summed E-state index contributed by atoms with van der Waals surface area (Å²) in [4.78, 5) is 0. The fraction of sp³-hybridized carbons (Fsp3) is 0.538. The largest absolute Gasteiger partial charge is 0.378 e. The highest BCUT2D eigenvalue weighted by molar-refractivity contribution is 9.10. The fourth-order valence-corrected chi connectivity index (χ4v) is 3.00. The van der Waals surface area contributed by atoms with E-state index in [0.29, 0.717) is 12.0 Å². The van der Waals surface area contributed by atoms with Crippen molar-refractivity contribution in [2.75, 3.05) is 13.2 Å². The molecule has 0 aromatic heterocycles. The van der Waals surface area contributed by atoms with Gasteiger partial charge in [-0.1, -0.05) is 28.1 Å². The maximum Gasteiger partial charge on any atom is 0.0878 e. The van der Waals surface area contributed by atoms with Crippen LogP contribution in [0.5, 0.6) is 0 Å². The molecule has 2 aliphatic rings. The van der Waals surface area contributed by atoms with Gasteiger partial charge in [0.25, 0.3) is 0 Å². The smallest absolute Gasteiger partial charge is 0.0878 e. The number of benzene rings is 1. The van der Waals surface area contributed by atoms with Crippen LogP contribution in [0.25, 0.3) is 0 Å². The van der Waals surface area contributed by atoms with Crippen molar-refractivity contribution < 1.29 is 9.47 Å². The molecule has 1 aromatic rings. The molecule has 0 N–H and O–H groups in total. The molecule has 0 unspecified atom stereocenters. The minimum Gasteiger partial charge on any atom is -0.378 e. The minimum absolute atomic E-state index is 0.231. The van der Waals surface area contributed by atoms with Crippen LogP contribution in [-0.4, -0.2) is 19.3 Å². The Labute approximate surface area is 104 Å². The molecule has 0 amide bonds. The standard InChI is InChI=1S/C13H15BrO2/c14-10-3-1-9(2-4-10)13-11-5-7-15-12(11)6-8-16-13/h1-4,11-13H,5-8H2/t11-,12-,13-/m0/s1. The summed E-state index contributed by atoms with van der Waals surface area (Å²) in [6.45, 7) is 1.72. The van der Waals surface area contributed by atoms with Crippen molar-refractivity contribution in [3.05, 3.63) is 34.3 Å². The van der Waals surface area contributed by atoms with Crippen LogP contribution in [0.4, 0.5) is 0 Å². The molecule has 3 heteroatoms. The van der Waals surface area contributed by atoms with Gasteiger partial charge in [0.05, 0.1) is 12.2 Å². The molecule has 1 aromatic carbocycles. The van der Waals surface area contributed by atoms with E-state index in [1.807, 2.05) is 0 Å². The molecule has 0 radical (unpaired) electrons. The van der Waals surface area contributed by atoms with Gasteiger partial charge >= 0.3 is 0 Å². The second-order valence-electron chi connectivity index (χ2n) is 4.49. The molecule has 0 bridgehead atoms. The number of halogens is 1. The first kappa shape index (κ1) is 10.8. The number of fused-ring (bicyclic) bond motifs is 1. The molecule has 2 saturated heterocycles. The highest BCUT2D eigenvalue weighted by Gasteiger charge is 2.39. The lowest BCUT2D eigenvalue weighted by Crippen LogP contribution is -2.31. The van der Waals surface area contributed by atoms with Crippen molar-refractivity contribution in [3.63, 3.8) is 0 Å². The molecule has 2 nitrogen and oxygen atoms in total. The van der Waals surface area contributed by atoms with Crippen LogP contribution in [-0.2, 0) is 9.47 Å². The number of rotatable bonds is 1. The summed E-state index contributed by atoms with van der Waals surface area (Å²) in [6, 6.07) is 8.46. The van der Waals surface area contributed by atoms with Crippen LogP contribution in [0.1, 0.15) is 24.5 Å².